The van der Waals surface area contributed by atoms with Crippen molar-refractivity contribution >= 4 is 0 Å². The van der Waals surface area contributed by atoms with Crippen LogP contribution in [-0.2, 0) is 13.0 Å². The monoisotopic (exact) mass is 361 g/mol. The van der Waals surface area contributed by atoms with Crippen LogP contribution in [0.25, 0.3) is 11.5 Å². The maximum atomic E-state index is 5.90. The van der Waals surface area contributed by atoms with Gasteiger partial charge in [0.2, 0.25) is 5.89 Å². The van der Waals surface area contributed by atoms with Crippen LogP contribution in [0.15, 0.2) is 65.1 Å². The van der Waals surface area contributed by atoms with E-state index in [4.69, 9.17) is 9.40 Å². The lowest BCUT2D eigenvalue weighted by atomic mass is 10.1. The third-order valence-corrected chi connectivity index (χ3v) is 5.31. The third kappa shape index (κ3) is 4.65. The summed E-state index contributed by atoms with van der Waals surface area (Å²) in [7, 11) is 0. The average molecular weight is 361 g/mol. The summed E-state index contributed by atoms with van der Waals surface area (Å²) < 4.78 is 5.90. The van der Waals surface area contributed by atoms with Crippen molar-refractivity contribution in [2.45, 2.75) is 19.9 Å². The molecule has 0 atom stereocenters. The summed E-state index contributed by atoms with van der Waals surface area (Å²) in [5.41, 5.74) is 3.52. The lowest BCUT2D eigenvalue weighted by Crippen LogP contribution is -2.46. The Hall–Kier alpha value is -2.43. The quantitative estimate of drug-likeness (QED) is 0.664. The normalized spacial score (nSPS) is 15.9. The zero-order valence-electron chi connectivity index (χ0n) is 16.0. The summed E-state index contributed by atoms with van der Waals surface area (Å²) in [5, 5.41) is 0. The van der Waals surface area contributed by atoms with Gasteiger partial charge in [-0.05, 0) is 31.0 Å². The van der Waals surface area contributed by atoms with Gasteiger partial charge in [0.05, 0.1) is 5.69 Å². The van der Waals surface area contributed by atoms with Gasteiger partial charge in [-0.25, -0.2) is 4.98 Å². The van der Waals surface area contributed by atoms with Gasteiger partial charge in [-0.15, -0.1) is 0 Å². The van der Waals surface area contributed by atoms with Crippen molar-refractivity contribution in [2.24, 2.45) is 0 Å². The van der Waals surface area contributed by atoms with Gasteiger partial charge in [0, 0.05) is 44.8 Å². The van der Waals surface area contributed by atoms with Gasteiger partial charge in [-0.1, -0.05) is 48.5 Å². The molecule has 1 saturated heterocycles. The Morgan fingerprint density at radius 2 is 1.48 bits per heavy atom. The Labute approximate surface area is 161 Å². The number of piperazine rings is 1. The Morgan fingerprint density at radius 3 is 2.19 bits per heavy atom. The molecule has 1 aromatic heterocycles. The Bertz CT molecular complexity index is 837. The van der Waals surface area contributed by atoms with Gasteiger partial charge >= 0.3 is 0 Å². The lowest BCUT2D eigenvalue weighted by molar-refractivity contribution is 0.127. The van der Waals surface area contributed by atoms with E-state index < -0.39 is 0 Å². The Morgan fingerprint density at radius 1 is 0.852 bits per heavy atom. The molecular formula is C23H27N3O. The van der Waals surface area contributed by atoms with Crippen LogP contribution in [0.5, 0.6) is 0 Å². The van der Waals surface area contributed by atoms with E-state index in [9.17, 15) is 0 Å². The largest absolute Gasteiger partial charge is 0.441 e. The van der Waals surface area contributed by atoms with E-state index in [-0.39, 0.29) is 0 Å². The van der Waals surface area contributed by atoms with E-state index in [1.165, 1.54) is 5.56 Å². The highest BCUT2D eigenvalue weighted by Gasteiger charge is 2.20. The summed E-state index contributed by atoms with van der Waals surface area (Å²) in [6.07, 6.45) is 1.13. The molecular weight excluding hydrogens is 334 g/mol. The topological polar surface area (TPSA) is 32.5 Å². The zero-order chi connectivity index (χ0) is 18.5. The van der Waals surface area contributed by atoms with E-state index in [0.717, 1.165) is 68.6 Å². The van der Waals surface area contributed by atoms with Crippen molar-refractivity contribution in [3.8, 4) is 11.5 Å². The number of aryl methyl sites for hydroxylation is 1. The summed E-state index contributed by atoms with van der Waals surface area (Å²) >= 11 is 0. The average Bonchev–Trinajstić information content (AvgIpc) is 3.09. The van der Waals surface area contributed by atoms with Gasteiger partial charge in [0.1, 0.15) is 5.76 Å². The summed E-state index contributed by atoms with van der Waals surface area (Å²) in [5.74, 6) is 1.66. The number of aromatic nitrogens is 1. The molecule has 0 unspecified atom stereocenters. The minimum absolute atomic E-state index is 0.726. The van der Waals surface area contributed by atoms with Gasteiger partial charge in [0.15, 0.2) is 0 Å². The van der Waals surface area contributed by atoms with Crippen LogP contribution >= 0.6 is 0 Å². The number of hydrogen-bond donors (Lipinski definition) is 0. The molecule has 4 rings (SSSR count). The molecule has 2 heterocycles. The van der Waals surface area contributed by atoms with E-state index in [2.05, 4.69) is 40.1 Å². The minimum atomic E-state index is 0.726. The van der Waals surface area contributed by atoms with E-state index in [0.29, 0.717) is 0 Å². The number of hydrogen-bond acceptors (Lipinski definition) is 4. The van der Waals surface area contributed by atoms with Crippen LogP contribution in [0, 0.1) is 6.92 Å². The van der Waals surface area contributed by atoms with Crippen molar-refractivity contribution < 1.29 is 4.42 Å². The molecule has 0 aliphatic carbocycles. The van der Waals surface area contributed by atoms with Crippen molar-refractivity contribution in [3.63, 3.8) is 0 Å². The van der Waals surface area contributed by atoms with Crippen molar-refractivity contribution in [1.29, 1.82) is 0 Å². The molecule has 1 fully saturated rings. The predicted molar refractivity (Wildman–Crippen MR) is 109 cm³/mol. The third-order valence-electron chi connectivity index (χ3n) is 5.31. The van der Waals surface area contributed by atoms with Gasteiger partial charge in [-0.2, -0.15) is 0 Å². The molecule has 0 radical (unpaired) electrons. The smallest absolute Gasteiger partial charge is 0.226 e. The summed E-state index contributed by atoms with van der Waals surface area (Å²) in [6.45, 7) is 8.44. The fourth-order valence-corrected chi connectivity index (χ4v) is 3.59. The van der Waals surface area contributed by atoms with E-state index >= 15 is 0 Å². The molecule has 4 nitrogen and oxygen atoms in total. The first kappa shape index (κ1) is 18.0. The van der Waals surface area contributed by atoms with E-state index in [1.807, 2.05) is 37.3 Å². The minimum Gasteiger partial charge on any atom is -0.441 e. The Kier molecular flexibility index (Phi) is 5.66. The molecule has 3 aromatic rings. The van der Waals surface area contributed by atoms with Crippen LogP contribution in [0.4, 0.5) is 0 Å². The predicted octanol–water partition coefficient (Wildman–Crippen LogP) is 4.01. The number of rotatable bonds is 6. The first-order chi connectivity index (χ1) is 13.3. The van der Waals surface area contributed by atoms with Gasteiger partial charge < -0.3 is 9.32 Å². The zero-order valence-corrected chi connectivity index (χ0v) is 16.0. The standard InChI is InChI=1S/C23H27N3O/c1-19-22(24-23(27-19)21-10-6-3-7-11-21)18-26-16-14-25(15-17-26)13-12-20-8-4-2-5-9-20/h2-11H,12-18H2,1H3. The molecule has 0 bridgehead atoms. The molecule has 0 N–H and O–H groups in total. The maximum absolute atomic E-state index is 5.90. The molecule has 0 spiro atoms. The van der Waals surface area contributed by atoms with Crippen LogP contribution in [0.3, 0.4) is 0 Å². The van der Waals surface area contributed by atoms with Crippen LogP contribution in [0.2, 0.25) is 0 Å². The number of nitrogens with zero attached hydrogens (tertiary/aromatic N) is 3. The highest BCUT2D eigenvalue weighted by Crippen LogP contribution is 2.22. The molecule has 0 amide bonds. The molecule has 140 valence electrons. The molecule has 27 heavy (non-hydrogen) atoms. The van der Waals surface area contributed by atoms with Crippen molar-refractivity contribution in [2.75, 3.05) is 32.7 Å². The van der Waals surface area contributed by atoms with Crippen LogP contribution < -0.4 is 0 Å². The van der Waals surface area contributed by atoms with Gasteiger partial charge in [-0.3, -0.25) is 4.90 Å². The molecule has 2 aromatic carbocycles. The fourth-order valence-electron chi connectivity index (χ4n) is 3.59. The van der Waals surface area contributed by atoms with E-state index in [1.54, 1.807) is 0 Å². The lowest BCUT2D eigenvalue weighted by Gasteiger charge is -2.34. The maximum Gasteiger partial charge on any atom is 0.226 e. The molecule has 1 aliphatic heterocycles. The summed E-state index contributed by atoms with van der Waals surface area (Å²) in [4.78, 5) is 9.80. The molecule has 4 heteroatoms. The number of oxazole rings is 1. The Balaban J connectivity index is 1.29. The van der Waals surface area contributed by atoms with Crippen LogP contribution in [-0.4, -0.2) is 47.5 Å². The van der Waals surface area contributed by atoms with Crippen molar-refractivity contribution in [3.05, 3.63) is 77.7 Å². The van der Waals surface area contributed by atoms with Crippen LogP contribution in [0.1, 0.15) is 17.0 Å². The number of benzene rings is 2. The first-order valence-electron chi connectivity index (χ1n) is 9.78. The fraction of sp³-hybridized carbons (Fsp3) is 0.348. The second-order valence-electron chi connectivity index (χ2n) is 7.24. The molecule has 1 aliphatic rings. The first-order valence-corrected chi connectivity index (χ1v) is 9.78. The second-order valence-corrected chi connectivity index (χ2v) is 7.24. The highest BCUT2D eigenvalue weighted by atomic mass is 16.4. The van der Waals surface area contributed by atoms with Gasteiger partial charge in [0.25, 0.3) is 0 Å². The SMILES string of the molecule is Cc1oc(-c2ccccc2)nc1CN1CCN(CCc2ccccc2)CC1. The van der Waals surface area contributed by atoms with Crippen molar-refractivity contribution in [1.82, 2.24) is 14.8 Å². The highest BCUT2D eigenvalue weighted by molar-refractivity contribution is 5.53. The molecule has 0 saturated carbocycles. The summed E-state index contributed by atoms with van der Waals surface area (Å²) in [6, 6.07) is 20.9. The second kappa shape index (κ2) is 8.51.